The first-order valence-corrected chi connectivity index (χ1v) is 10.7. The summed E-state index contributed by atoms with van der Waals surface area (Å²) in [5.41, 5.74) is 1.61. The summed E-state index contributed by atoms with van der Waals surface area (Å²) in [5, 5.41) is 3.39. The van der Waals surface area contributed by atoms with Gasteiger partial charge in [0.1, 0.15) is 12.3 Å². The molecule has 5 rings (SSSR count). The molecule has 2 atom stereocenters. The zero-order valence-corrected chi connectivity index (χ0v) is 17.1. The molecule has 4 aliphatic carbocycles. The van der Waals surface area contributed by atoms with E-state index in [9.17, 15) is 4.79 Å². The molecule has 0 spiro atoms. The molecule has 0 heterocycles. The molecule has 0 saturated heterocycles. The SMILES string of the molecule is COc1ccc(C[NH+](C)CC(=O)N[C@H](C)C23CC4CC(CC(C4)C2)C3)cc1. The number of rotatable bonds is 7. The van der Waals surface area contributed by atoms with Crippen LogP contribution in [0.5, 0.6) is 5.75 Å². The van der Waals surface area contributed by atoms with Crippen LogP contribution in [-0.4, -0.2) is 32.7 Å². The zero-order chi connectivity index (χ0) is 19.0. The van der Waals surface area contributed by atoms with Crippen molar-refractivity contribution >= 4 is 5.91 Å². The van der Waals surface area contributed by atoms with Crippen molar-refractivity contribution in [2.45, 2.75) is 58.0 Å². The quantitative estimate of drug-likeness (QED) is 0.773. The zero-order valence-electron chi connectivity index (χ0n) is 17.1. The maximum Gasteiger partial charge on any atom is 0.275 e. The van der Waals surface area contributed by atoms with E-state index in [0.29, 0.717) is 18.0 Å². The summed E-state index contributed by atoms with van der Waals surface area (Å²) in [7, 11) is 3.78. The highest BCUT2D eigenvalue weighted by atomic mass is 16.5. The lowest BCUT2D eigenvalue weighted by Gasteiger charge is -2.59. The maximum absolute atomic E-state index is 12.7. The molecular weight excluding hydrogens is 336 g/mol. The van der Waals surface area contributed by atoms with Crippen molar-refractivity contribution in [3.8, 4) is 5.75 Å². The standard InChI is InChI=1S/C23H34N2O2/c1-16(23-11-18-8-19(12-23)10-20(9-18)13-23)24-22(26)15-25(2)14-17-4-6-21(27-3)7-5-17/h4-7,16,18-20H,8-15H2,1-3H3,(H,24,26)/p+1/t16-,18?,19?,20?,23?/m1/s1. The van der Waals surface area contributed by atoms with Crippen molar-refractivity contribution in [3.05, 3.63) is 29.8 Å². The van der Waals surface area contributed by atoms with Crippen LogP contribution in [0.3, 0.4) is 0 Å². The molecule has 4 nitrogen and oxygen atoms in total. The first-order valence-electron chi connectivity index (χ1n) is 10.7. The number of benzene rings is 1. The number of ether oxygens (including phenoxy) is 1. The highest BCUT2D eigenvalue weighted by Gasteiger charge is 2.53. The number of carbonyl (C=O) groups is 1. The van der Waals surface area contributed by atoms with E-state index in [-0.39, 0.29) is 5.91 Å². The molecular formula is C23H35N2O2+. The summed E-state index contributed by atoms with van der Waals surface area (Å²) >= 11 is 0. The molecule has 1 unspecified atom stereocenters. The first-order chi connectivity index (χ1) is 13.0. The van der Waals surface area contributed by atoms with Crippen molar-refractivity contribution in [2.75, 3.05) is 20.7 Å². The Hall–Kier alpha value is -1.55. The Morgan fingerprint density at radius 2 is 1.70 bits per heavy atom. The van der Waals surface area contributed by atoms with E-state index in [0.717, 1.165) is 30.0 Å². The Kier molecular flexibility index (Phi) is 5.19. The van der Waals surface area contributed by atoms with Crippen LogP contribution in [0, 0.1) is 23.2 Å². The van der Waals surface area contributed by atoms with Crippen LogP contribution >= 0.6 is 0 Å². The predicted octanol–water partition coefficient (Wildman–Crippen LogP) is 2.43. The molecule has 1 aromatic rings. The third-order valence-electron chi connectivity index (χ3n) is 7.51. The van der Waals surface area contributed by atoms with Gasteiger partial charge in [-0.2, -0.15) is 0 Å². The average molecular weight is 372 g/mol. The number of hydrogen-bond acceptors (Lipinski definition) is 2. The predicted molar refractivity (Wildman–Crippen MR) is 107 cm³/mol. The second-order valence-electron chi connectivity index (χ2n) is 9.73. The van der Waals surface area contributed by atoms with E-state index in [2.05, 4.69) is 31.4 Å². The maximum atomic E-state index is 12.7. The average Bonchev–Trinajstić information content (AvgIpc) is 2.61. The van der Waals surface area contributed by atoms with Crippen molar-refractivity contribution in [1.82, 2.24) is 5.32 Å². The molecule has 0 aromatic heterocycles. The van der Waals surface area contributed by atoms with Crippen LogP contribution in [0.25, 0.3) is 0 Å². The fourth-order valence-electron chi connectivity index (χ4n) is 6.58. The minimum Gasteiger partial charge on any atom is -0.497 e. The number of nitrogens with one attached hydrogen (secondary N) is 2. The number of carbonyl (C=O) groups excluding carboxylic acids is 1. The molecule has 1 aromatic carbocycles. The van der Waals surface area contributed by atoms with Crippen molar-refractivity contribution in [2.24, 2.45) is 23.2 Å². The van der Waals surface area contributed by atoms with Gasteiger partial charge in [-0.1, -0.05) is 0 Å². The van der Waals surface area contributed by atoms with Gasteiger partial charge in [0.05, 0.1) is 14.2 Å². The van der Waals surface area contributed by atoms with Crippen LogP contribution in [0.1, 0.15) is 51.0 Å². The molecule has 4 heteroatoms. The monoisotopic (exact) mass is 371 g/mol. The second kappa shape index (κ2) is 7.46. The fourth-order valence-corrected chi connectivity index (χ4v) is 6.58. The summed E-state index contributed by atoms with van der Waals surface area (Å²) in [6.07, 6.45) is 8.39. The Morgan fingerprint density at radius 3 is 2.22 bits per heavy atom. The Bertz CT molecular complexity index is 634. The number of likely N-dealkylation sites (N-methyl/N-ethyl adjacent to an activating group) is 1. The third kappa shape index (κ3) is 4.01. The Morgan fingerprint density at radius 1 is 1.15 bits per heavy atom. The van der Waals surface area contributed by atoms with E-state index >= 15 is 0 Å². The topological polar surface area (TPSA) is 42.8 Å². The van der Waals surface area contributed by atoms with Crippen LogP contribution < -0.4 is 15.0 Å². The minimum atomic E-state index is 0.198. The molecule has 4 saturated carbocycles. The lowest BCUT2D eigenvalue weighted by atomic mass is 9.48. The molecule has 1 amide bonds. The van der Waals surface area contributed by atoms with Gasteiger partial charge in [0.15, 0.2) is 6.54 Å². The first kappa shape index (κ1) is 18.8. The van der Waals surface area contributed by atoms with Gasteiger partial charge < -0.3 is 15.0 Å². The van der Waals surface area contributed by atoms with Gasteiger partial charge in [-0.15, -0.1) is 0 Å². The molecule has 4 fully saturated rings. The minimum absolute atomic E-state index is 0.198. The van der Waals surface area contributed by atoms with E-state index in [1.165, 1.54) is 49.0 Å². The normalized spacial score (nSPS) is 33.5. The third-order valence-corrected chi connectivity index (χ3v) is 7.51. The van der Waals surface area contributed by atoms with Crippen molar-refractivity contribution < 1.29 is 14.4 Å². The molecule has 27 heavy (non-hydrogen) atoms. The number of methoxy groups -OCH3 is 1. The van der Waals surface area contributed by atoms with Crippen LogP contribution in [0.4, 0.5) is 0 Å². The van der Waals surface area contributed by atoms with E-state index in [1.807, 2.05) is 12.1 Å². The largest absolute Gasteiger partial charge is 0.497 e. The van der Waals surface area contributed by atoms with Gasteiger partial charge >= 0.3 is 0 Å². The number of amides is 1. The van der Waals surface area contributed by atoms with Crippen molar-refractivity contribution in [1.29, 1.82) is 0 Å². The molecule has 0 radical (unpaired) electrons. The van der Waals surface area contributed by atoms with Gasteiger partial charge in [0, 0.05) is 11.6 Å². The highest BCUT2D eigenvalue weighted by molar-refractivity contribution is 5.77. The Labute approximate surface area is 163 Å². The van der Waals surface area contributed by atoms with Crippen molar-refractivity contribution in [3.63, 3.8) is 0 Å². The number of hydrogen-bond donors (Lipinski definition) is 2. The van der Waals surface area contributed by atoms with Gasteiger partial charge in [-0.05, 0) is 92.9 Å². The summed E-state index contributed by atoms with van der Waals surface area (Å²) in [4.78, 5) is 13.9. The molecule has 4 aliphatic rings. The summed E-state index contributed by atoms with van der Waals surface area (Å²) in [5.74, 6) is 3.86. The van der Waals surface area contributed by atoms with Crippen LogP contribution in [-0.2, 0) is 11.3 Å². The van der Waals surface area contributed by atoms with Gasteiger partial charge in [0.2, 0.25) is 0 Å². The fraction of sp³-hybridized carbons (Fsp3) is 0.696. The lowest BCUT2D eigenvalue weighted by molar-refractivity contribution is -0.885. The van der Waals surface area contributed by atoms with E-state index in [4.69, 9.17) is 4.74 Å². The molecule has 148 valence electrons. The van der Waals surface area contributed by atoms with Gasteiger partial charge in [-0.25, -0.2) is 0 Å². The summed E-state index contributed by atoms with van der Waals surface area (Å²) < 4.78 is 5.21. The smallest absolute Gasteiger partial charge is 0.275 e. The second-order valence-corrected chi connectivity index (χ2v) is 9.73. The Balaban J connectivity index is 1.29. The van der Waals surface area contributed by atoms with Crippen LogP contribution in [0.15, 0.2) is 24.3 Å². The summed E-state index contributed by atoms with van der Waals surface area (Å²) in [6.45, 7) is 3.65. The lowest BCUT2D eigenvalue weighted by Crippen LogP contribution is -3.09. The van der Waals surface area contributed by atoms with Gasteiger partial charge in [0.25, 0.3) is 5.91 Å². The molecule has 0 aliphatic heterocycles. The van der Waals surface area contributed by atoms with Crippen LogP contribution in [0.2, 0.25) is 0 Å². The van der Waals surface area contributed by atoms with Gasteiger partial charge in [-0.3, -0.25) is 4.79 Å². The molecule has 4 bridgehead atoms. The van der Waals surface area contributed by atoms with E-state index < -0.39 is 0 Å². The molecule has 2 N–H and O–H groups in total. The number of quaternary nitrogens is 1. The highest BCUT2D eigenvalue weighted by Crippen LogP contribution is 2.61. The van der Waals surface area contributed by atoms with E-state index in [1.54, 1.807) is 7.11 Å². The summed E-state index contributed by atoms with van der Waals surface area (Å²) in [6, 6.07) is 8.44.